The second-order valence-corrected chi connectivity index (χ2v) is 5.31. The molecule has 5 heteroatoms. The smallest absolute Gasteiger partial charge is 0.150 e. The predicted molar refractivity (Wildman–Crippen MR) is 75.4 cm³/mol. The van der Waals surface area contributed by atoms with Crippen molar-refractivity contribution in [3.63, 3.8) is 0 Å². The van der Waals surface area contributed by atoms with E-state index < -0.39 is 0 Å². The molecule has 0 aliphatic carbocycles. The molecule has 102 valence electrons. The second-order valence-electron chi connectivity index (χ2n) is 5.31. The van der Waals surface area contributed by atoms with Crippen LogP contribution < -0.4 is 15.5 Å². The lowest BCUT2D eigenvalue weighted by atomic mass is 9.84. The molecule has 0 saturated heterocycles. The quantitative estimate of drug-likeness (QED) is 0.747. The first-order chi connectivity index (χ1) is 9.20. The molecular formula is C14H20N4O. The monoisotopic (exact) mass is 260 g/mol. The van der Waals surface area contributed by atoms with Crippen LogP contribution in [0.15, 0.2) is 23.9 Å². The summed E-state index contributed by atoms with van der Waals surface area (Å²) in [5.41, 5.74) is 7.11. The number of rotatable bonds is 2. The predicted octanol–water partition coefficient (Wildman–Crippen LogP) is 0.212. The van der Waals surface area contributed by atoms with E-state index in [0.29, 0.717) is 24.1 Å². The molecule has 0 spiro atoms. The maximum absolute atomic E-state index is 11.8. The number of pyridine rings is 1. The maximum atomic E-state index is 11.8. The third kappa shape index (κ3) is 2.14. The number of hydrogen-bond acceptors (Lipinski definition) is 4. The Balaban J connectivity index is 2.08. The first-order valence-electron chi connectivity index (χ1n) is 6.90. The van der Waals surface area contributed by atoms with Gasteiger partial charge in [-0.15, -0.1) is 0 Å². The van der Waals surface area contributed by atoms with Crippen LogP contribution in [0.1, 0.15) is 19.4 Å². The summed E-state index contributed by atoms with van der Waals surface area (Å²) in [6.07, 6.45) is 1.83. The van der Waals surface area contributed by atoms with Crippen LogP contribution in [0, 0.1) is 11.1 Å². The molecule has 0 aromatic carbocycles. The number of hydrazine groups is 1. The van der Waals surface area contributed by atoms with Crippen LogP contribution in [0.2, 0.25) is 0 Å². The molecule has 2 aliphatic heterocycles. The zero-order valence-corrected chi connectivity index (χ0v) is 11.4. The van der Waals surface area contributed by atoms with Crippen LogP contribution in [0.4, 0.5) is 5.82 Å². The van der Waals surface area contributed by atoms with Crippen molar-refractivity contribution in [3.05, 3.63) is 34.7 Å². The molecule has 3 rings (SSSR count). The fourth-order valence-electron chi connectivity index (χ4n) is 3.20. The van der Waals surface area contributed by atoms with Crippen molar-refractivity contribution >= 4 is 11.4 Å². The Morgan fingerprint density at radius 1 is 1.58 bits per heavy atom. The average Bonchev–Trinajstić information content (AvgIpc) is 2.38. The van der Waals surface area contributed by atoms with Crippen LogP contribution in [0.3, 0.4) is 0 Å². The van der Waals surface area contributed by atoms with Gasteiger partial charge in [-0.25, -0.2) is 10.4 Å². The number of anilines is 1. The van der Waals surface area contributed by atoms with Crippen molar-refractivity contribution in [2.45, 2.75) is 13.8 Å². The van der Waals surface area contributed by atoms with Gasteiger partial charge in [-0.2, -0.15) is 0 Å². The number of nitrogens with one attached hydrogen (secondary N) is 2. The summed E-state index contributed by atoms with van der Waals surface area (Å²) >= 11 is 0. The van der Waals surface area contributed by atoms with Gasteiger partial charge in [0, 0.05) is 29.8 Å². The van der Waals surface area contributed by atoms with Gasteiger partial charge in [-0.3, -0.25) is 5.01 Å². The molecular weight excluding hydrogens is 240 g/mol. The molecule has 2 aliphatic rings. The molecule has 0 radical (unpaired) electrons. The molecule has 3 heterocycles. The summed E-state index contributed by atoms with van der Waals surface area (Å²) in [5.74, 6) is 1.30. The minimum Gasteiger partial charge on any atom is -0.634 e. The first kappa shape index (κ1) is 12.6. The number of nitrogens with zero attached hydrogens (tertiary/aromatic N) is 2. The SMILES string of the molecule is CCNN1CC2=C(c3cccnc31)C(C)C[NH+]([O-])C2. The van der Waals surface area contributed by atoms with E-state index in [1.165, 1.54) is 16.7 Å². The van der Waals surface area contributed by atoms with Crippen LogP contribution in [0.25, 0.3) is 5.57 Å². The lowest BCUT2D eigenvalue weighted by Crippen LogP contribution is -3.09. The largest absolute Gasteiger partial charge is 0.634 e. The second kappa shape index (κ2) is 4.92. The van der Waals surface area contributed by atoms with Gasteiger partial charge in [-0.1, -0.05) is 13.8 Å². The van der Waals surface area contributed by atoms with E-state index in [1.54, 1.807) is 0 Å². The van der Waals surface area contributed by atoms with E-state index in [1.807, 2.05) is 12.3 Å². The van der Waals surface area contributed by atoms with Gasteiger partial charge in [0.1, 0.15) is 6.54 Å². The zero-order chi connectivity index (χ0) is 13.4. The minimum atomic E-state index is 0.308. The van der Waals surface area contributed by atoms with Gasteiger partial charge in [0.2, 0.25) is 0 Å². The maximum Gasteiger partial charge on any atom is 0.150 e. The van der Waals surface area contributed by atoms with E-state index in [4.69, 9.17) is 0 Å². The fraction of sp³-hybridized carbons (Fsp3) is 0.500. The Labute approximate surface area is 113 Å². The summed E-state index contributed by atoms with van der Waals surface area (Å²) in [6.45, 7) is 7.09. The van der Waals surface area contributed by atoms with Crippen LogP contribution >= 0.6 is 0 Å². The lowest BCUT2D eigenvalue weighted by molar-refractivity contribution is -0.847. The molecule has 19 heavy (non-hydrogen) atoms. The van der Waals surface area contributed by atoms with Crippen molar-refractivity contribution < 1.29 is 5.06 Å². The molecule has 0 amide bonds. The minimum absolute atomic E-state index is 0.308. The Hall–Kier alpha value is -1.43. The number of hydrogen-bond donors (Lipinski definition) is 2. The summed E-state index contributed by atoms with van der Waals surface area (Å²) in [4.78, 5) is 4.51. The topological polar surface area (TPSA) is 55.7 Å². The van der Waals surface area contributed by atoms with Gasteiger partial charge < -0.3 is 10.3 Å². The van der Waals surface area contributed by atoms with E-state index in [0.717, 1.165) is 18.9 Å². The van der Waals surface area contributed by atoms with Crippen molar-refractivity contribution in [1.29, 1.82) is 0 Å². The average molecular weight is 260 g/mol. The highest BCUT2D eigenvalue weighted by Gasteiger charge is 2.33. The highest BCUT2D eigenvalue weighted by Crippen LogP contribution is 2.37. The van der Waals surface area contributed by atoms with Crippen LogP contribution in [-0.4, -0.2) is 31.2 Å². The Morgan fingerprint density at radius 3 is 3.21 bits per heavy atom. The van der Waals surface area contributed by atoms with E-state index in [9.17, 15) is 5.21 Å². The molecule has 1 aromatic rings. The zero-order valence-electron chi connectivity index (χ0n) is 11.4. The van der Waals surface area contributed by atoms with Crippen molar-refractivity contribution in [3.8, 4) is 0 Å². The van der Waals surface area contributed by atoms with Crippen molar-refractivity contribution in [1.82, 2.24) is 10.4 Å². The van der Waals surface area contributed by atoms with Crippen LogP contribution in [-0.2, 0) is 0 Å². The van der Waals surface area contributed by atoms with Gasteiger partial charge in [0.15, 0.2) is 5.82 Å². The number of aromatic nitrogens is 1. The molecule has 1 aromatic heterocycles. The highest BCUT2D eigenvalue weighted by atomic mass is 16.5. The Bertz CT molecular complexity index is 514. The third-order valence-corrected chi connectivity index (χ3v) is 3.85. The summed E-state index contributed by atoms with van der Waals surface area (Å²) in [6, 6.07) is 4.09. The Kier molecular flexibility index (Phi) is 3.26. The summed E-state index contributed by atoms with van der Waals surface area (Å²) < 4.78 is 0. The molecule has 5 nitrogen and oxygen atoms in total. The normalized spacial score (nSPS) is 26.2. The Morgan fingerprint density at radius 2 is 2.42 bits per heavy atom. The highest BCUT2D eigenvalue weighted by molar-refractivity contribution is 5.81. The third-order valence-electron chi connectivity index (χ3n) is 3.85. The first-order valence-corrected chi connectivity index (χ1v) is 6.90. The number of quaternary nitrogens is 1. The van der Waals surface area contributed by atoms with Crippen LogP contribution in [0.5, 0.6) is 0 Å². The van der Waals surface area contributed by atoms with E-state index >= 15 is 0 Å². The van der Waals surface area contributed by atoms with Gasteiger partial charge in [0.25, 0.3) is 0 Å². The molecule has 2 unspecified atom stereocenters. The number of fused-ring (bicyclic) bond motifs is 2. The number of hydroxylamine groups is 2. The molecule has 0 fully saturated rings. The molecule has 2 N–H and O–H groups in total. The summed E-state index contributed by atoms with van der Waals surface area (Å²) in [5, 5.41) is 14.2. The standard InChI is InChI=1S/C14H20N4O/c1-3-16-18-9-11-8-17(19)7-10(2)13(11)12-5-4-6-15-14(12)18/h4-6,10,16-17H,3,7-9H2,1-2H3. The van der Waals surface area contributed by atoms with Gasteiger partial charge in [0.05, 0.1) is 13.1 Å². The summed E-state index contributed by atoms with van der Waals surface area (Å²) in [7, 11) is 0. The lowest BCUT2D eigenvalue weighted by Gasteiger charge is -2.40. The van der Waals surface area contributed by atoms with Crippen molar-refractivity contribution in [2.75, 3.05) is 31.2 Å². The molecule has 0 saturated carbocycles. The fourth-order valence-corrected chi connectivity index (χ4v) is 3.20. The van der Waals surface area contributed by atoms with Crippen molar-refractivity contribution in [2.24, 2.45) is 5.92 Å². The van der Waals surface area contributed by atoms with Gasteiger partial charge >= 0.3 is 0 Å². The molecule has 2 atom stereocenters. The van der Waals surface area contributed by atoms with E-state index in [-0.39, 0.29) is 0 Å². The van der Waals surface area contributed by atoms with E-state index in [2.05, 4.69) is 35.3 Å². The molecule has 0 bridgehead atoms. The van der Waals surface area contributed by atoms with Gasteiger partial charge in [-0.05, 0) is 17.7 Å².